The molecule has 6 nitrogen and oxygen atoms in total. The summed E-state index contributed by atoms with van der Waals surface area (Å²) in [5.74, 6) is 0.275. The second-order valence-electron chi connectivity index (χ2n) is 9.86. The zero-order valence-electron chi connectivity index (χ0n) is 21.9. The predicted octanol–water partition coefficient (Wildman–Crippen LogP) is 5.75. The standard InChI is InChI=1S/C29H40N2O4/c1-6-19-31-25(21-30(28(31)33)20-24-13-11-22(3)12-14-24)10-8-9-23-15-17-26(18-16-23)35-29(4,5)27(32)34-7-2/h11-18,25H,6-10,19-21H2,1-5H3. The van der Waals surface area contributed by atoms with E-state index < -0.39 is 5.60 Å². The van der Waals surface area contributed by atoms with Gasteiger partial charge >= 0.3 is 12.0 Å². The molecule has 1 atom stereocenters. The van der Waals surface area contributed by atoms with E-state index >= 15 is 0 Å². The molecule has 1 aliphatic rings. The zero-order valence-corrected chi connectivity index (χ0v) is 21.9. The van der Waals surface area contributed by atoms with Crippen LogP contribution in [0.15, 0.2) is 48.5 Å². The van der Waals surface area contributed by atoms with Gasteiger partial charge in [0.1, 0.15) is 5.75 Å². The molecular weight excluding hydrogens is 440 g/mol. The van der Waals surface area contributed by atoms with E-state index in [9.17, 15) is 9.59 Å². The summed E-state index contributed by atoms with van der Waals surface area (Å²) in [5.41, 5.74) is 2.60. The first-order valence-corrected chi connectivity index (χ1v) is 12.8. The first kappa shape index (κ1) is 26.6. The Bertz CT molecular complexity index is 969. The Morgan fingerprint density at radius 2 is 1.69 bits per heavy atom. The first-order chi connectivity index (χ1) is 16.7. The maximum atomic E-state index is 13.1. The summed E-state index contributed by atoms with van der Waals surface area (Å²) in [5, 5.41) is 0. The molecule has 3 rings (SSSR count). The number of carbonyl (C=O) groups excluding carboxylic acids is 2. The van der Waals surface area contributed by atoms with Crippen LogP contribution in [0.1, 0.15) is 63.6 Å². The van der Waals surface area contributed by atoms with Crippen molar-refractivity contribution in [2.45, 2.75) is 78.5 Å². The molecule has 2 aromatic carbocycles. The summed E-state index contributed by atoms with van der Waals surface area (Å²) >= 11 is 0. The van der Waals surface area contributed by atoms with E-state index in [1.807, 2.05) is 29.2 Å². The molecule has 1 aliphatic heterocycles. The number of ether oxygens (including phenoxy) is 2. The molecule has 0 saturated carbocycles. The molecule has 0 bridgehead atoms. The second kappa shape index (κ2) is 12.1. The lowest BCUT2D eigenvalue weighted by molar-refractivity contribution is -0.158. The van der Waals surface area contributed by atoms with Crippen molar-refractivity contribution in [1.82, 2.24) is 9.80 Å². The topological polar surface area (TPSA) is 59.1 Å². The van der Waals surface area contributed by atoms with Crippen molar-refractivity contribution in [3.05, 3.63) is 65.2 Å². The molecule has 190 valence electrons. The van der Waals surface area contributed by atoms with Crippen LogP contribution in [0.2, 0.25) is 0 Å². The van der Waals surface area contributed by atoms with Crippen molar-refractivity contribution < 1.29 is 19.1 Å². The van der Waals surface area contributed by atoms with Crippen LogP contribution in [-0.4, -0.2) is 53.1 Å². The Morgan fingerprint density at radius 1 is 1.03 bits per heavy atom. The van der Waals surface area contributed by atoms with E-state index in [0.717, 1.165) is 38.8 Å². The van der Waals surface area contributed by atoms with Crippen molar-refractivity contribution in [2.75, 3.05) is 19.7 Å². The van der Waals surface area contributed by atoms with Crippen LogP contribution in [0.3, 0.4) is 0 Å². The van der Waals surface area contributed by atoms with Crippen molar-refractivity contribution in [2.24, 2.45) is 0 Å². The molecule has 35 heavy (non-hydrogen) atoms. The van der Waals surface area contributed by atoms with Crippen LogP contribution in [0, 0.1) is 6.92 Å². The quantitative estimate of drug-likeness (QED) is 0.363. The summed E-state index contributed by atoms with van der Waals surface area (Å²) in [6.07, 6.45) is 3.88. The molecule has 0 radical (unpaired) electrons. The Labute approximate surface area is 210 Å². The van der Waals surface area contributed by atoms with E-state index in [4.69, 9.17) is 9.47 Å². The molecule has 0 spiro atoms. The van der Waals surface area contributed by atoms with Gasteiger partial charge in [-0.05, 0) is 76.6 Å². The molecule has 1 unspecified atom stereocenters. The number of hydrogen-bond donors (Lipinski definition) is 0. The molecular formula is C29H40N2O4. The lowest BCUT2D eigenvalue weighted by atomic mass is 10.0. The van der Waals surface area contributed by atoms with Crippen LogP contribution in [0.25, 0.3) is 0 Å². The van der Waals surface area contributed by atoms with Crippen LogP contribution in [0.4, 0.5) is 4.79 Å². The van der Waals surface area contributed by atoms with E-state index in [1.54, 1.807) is 20.8 Å². The highest BCUT2D eigenvalue weighted by Gasteiger charge is 2.36. The minimum absolute atomic E-state index is 0.156. The third kappa shape index (κ3) is 7.23. The lowest BCUT2D eigenvalue weighted by Crippen LogP contribution is -2.39. The van der Waals surface area contributed by atoms with Gasteiger partial charge in [0.2, 0.25) is 0 Å². The number of nitrogens with zero attached hydrogens (tertiary/aromatic N) is 2. The van der Waals surface area contributed by atoms with Gasteiger partial charge in [0.25, 0.3) is 0 Å². The molecule has 2 amide bonds. The van der Waals surface area contributed by atoms with Gasteiger partial charge in [-0.2, -0.15) is 0 Å². The van der Waals surface area contributed by atoms with Gasteiger partial charge in [0.15, 0.2) is 5.60 Å². The molecule has 0 aliphatic carbocycles. The minimum Gasteiger partial charge on any atom is -0.476 e. The average molecular weight is 481 g/mol. The van der Waals surface area contributed by atoms with Crippen LogP contribution in [-0.2, 0) is 22.5 Å². The van der Waals surface area contributed by atoms with Gasteiger partial charge < -0.3 is 19.3 Å². The summed E-state index contributed by atoms with van der Waals surface area (Å²) in [6.45, 7) is 12.0. The maximum absolute atomic E-state index is 13.1. The highest BCUT2D eigenvalue weighted by Crippen LogP contribution is 2.24. The summed E-state index contributed by atoms with van der Waals surface area (Å²) in [4.78, 5) is 29.2. The number of carbonyl (C=O) groups is 2. The summed E-state index contributed by atoms with van der Waals surface area (Å²) < 4.78 is 10.9. The van der Waals surface area contributed by atoms with Crippen LogP contribution >= 0.6 is 0 Å². The number of urea groups is 1. The van der Waals surface area contributed by atoms with Crippen molar-refractivity contribution in [3.63, 3.8) is 0 Å². The number of hydrogen-bond acceptors (Lipinski definition) is 4. The number of benzene rings is 2. The van der Waals surface area contributed by atoms with E-state index in [1.165, 1.54) is 16.7 Å². The molecule has 0 aromatic heterocycles. The number of esters is 1. The zero-order chi connectivity index (χ0) is 25.4. The lowest BCUT2D eigenvalue weighted by Gasteiger charge is -2.24. The third-order valence-corrected chi connectivity index (χ3v) is 6.41. The fourth-order valence-electron chi connectivity index (χ4n) is 4.49. The third-order valence-electron chi connectivity index (χ3n) is 6.41. The minimum atomic E-state index is -1.03. The predicted molar refractivity (Wildman–Crippen MR) is 138 cm³/mol. The van der Waals surface area contributed by atoms with Crippen LogP contribution in [0.5, 0.6) is 5.75 Å². The van der Waals surface area contributed by atoms with Gasteiger partial charge in [0.05, 0.1) is 12.6 Å². The van der Waals surface area contributed by atoms with E-state index in [-0.39, 0.29) is 18.0 Å². The fourth-order valence-corrected chi connectivity index (χ4v) is 4.49. The Balaban J connectivity index is 1.53. The van der Waals surface area contributed by atoms with Gasteiger partial charge in [-0.3, -0.25) is 0 Å². The van der Waals surface area contributed by atoms with Gasteiger partial charge in [0, 0.05) is 19.6 Å². The number of aryl methyl sites for hydroxylation is 2. The second-order valence-corrected chi connectivity index (χ2v) is 9.86. The summed E-state index contributed by atoms with van der Waals surface area (Å²) in [7, 11) is 0. The van der Waals surface area contributed by atoms with Crippen molar-refractivity contribution in [3.8, 4) is 5.75 Å². The fraction of sp³-hybridized carbons (Fsp3) is 0.517. The van der Waals surface area contributed by atoms with Gasteiger partial charge in [-0.15, -0.1) is 0 Å². The molecule has 1 fully saturated rings. The molecule has 1 saturated heterocycles. The normalized spacial score (nSPS) is 16.0. The molecule has 6 heteroatoms. The highest BCUT2D eigenvalue weighted by atomic mass is 16.6. The summed E-state index contributed by atoms with van der Waals surface area (Å²) in [6, 6.07) is 16.7. The Kier molecular flexibility index (Phi) is 9.19. The monoisotopic (exact) mass is 480 g/mol. The van der Waals surface area contributed by atoms with Gasteiger partial charge in [-0.1, -0.05) is 48.9 Å². The van der Waals surface area contributed by atoms with E-state index in [2.05, 4.69) is 43.0 Å². The molecule has 2 aromatic rings. The smallest absolute Gasteiger partial charge is 0.349 e. The number of amides is 2. The molecule has 1 heterocycles. The Hall–Kier alpha value is -3.02. The van der Waals surface area contributed by atoms with E-state index in [0.29, 0.717) is 18.9 Å². The molecule has 0 N–H and O–H groups in total. The highest BCUT2D eigenvalue weighted by molar-refractivity contribution is 5.79. The maximum Gasteiger partial charge on any atom is 0.349 e. The van der Waals surface area contributed by atoms with Gasteiger partial charge in [-0.25, -0.2) is 9.59 Å². The number of rotatable bonds is 12. The van der Waals surface area contributed by atoms with Crippen molar-refractivity contribution in [1.29, 1.82) is 0 Å². The largest absolute Gasteiger partial charge is 0.476 e. The first-order valence-electron chi connectivity index (χ1n) is 12.8. The van der Waals surface area contributed by atoms with Crippen LogP contribution < -0.4 is 4.74 Å². The average Bonchev–Trinajstić information content (AvgIpc) is 3.11. The van der Waals surface area contributed by atoms with Crippen molar-refractivity contribution >= 4 is 12.0 Å². The SMILES string of the molecule is CCCN1C(=O)N(Cc2ccc(C)cc2)CC1CCCc1ccc(OC(C)(C)C(=O)OCC)cc1. The Morgan fingerprint density at radius 3 is 2.31 bits per heavy atom.